The molecule has 0 spiro atoms. The van der Waals surface area contributed by atoms with E-state index in [9.17, 15) is 50.4 Å². The third-order valence-corrected chi connectivity index (χ3v) is 11.1. The number of aliphatic hydroxyl groups is 8. The van der Waals surface area contributed by atoms with Gasteiger partial charge >= 0.3 is 11.9 Å². The highest BCUT2D eigenvalue weighted by atomic mass is 16.8. The van der Waals surface area contributed by atoms with Gasteiger partial charge in [0.05, 0.1) is 44.0 Å². The standard InChI is InChI=1S/C35H52O20/c1-6-14-15(8-22(46-3)47-4)17(11-49-32(14)54-34-28(42)26(40)24(38)20(9-36)52-34)31(45)51-19-7-16-18(30(44)48-5)12-50-33(23(16)13(19)2)55-35-29(43)27(41)25(39)21(10-37)53-35/h6,11-16,19-29,32-43H,1,7-10H2,2-5H3/t13-,14+,15-,16+,19-,20+,21+,23+,24+,25+,26-,27-,28+,29+,32-,33-,34-,35-/m0/s1. The fraction of sp³-hybridized carbons (Fsp3) is 0.771. The van der Waals surface area contributed by atoms with Gasteiger partial charge in [-0.15, -0.1) is 6.58 Å². The number of fused-ring (bicyclic) bond motifs is 1. The molecule has 5 rings (SSSR count). The molecule has 0 radical (unpaired) electrons. The third-order valence-electron chi connectivity index (χ3n) is 11.1. The van der Waals surface area contributed by atoms with Crippen molar-refractivity contribution in [2.24, 2.45) is 29.6 Å². The normalized spacial score (nSPS) is 43.0. The molecule has 0 aromatic heterocycles. The lowest BCUT2D eigenvalue weighted by molar-refractivity contribution is -0.342. The summed E-state index contributed by atoms with van der Waals surface area (Å²) in [6, 6.07) is 0. The van der Waals surface area contributed by atoms with Gasteiger partial charge in [-0.3, -0.25) is 0 Å². The number of carbonyl (C=O) groups excluding carboxylic acids is 2. The Morgan fingerprint density at radius 2 is 1.31 bits per heavy atom. The molecule has 18 atom stereocenters. The van der Waals surface area contributed by atoms with Crippen molar-refractivity contribution in [3.8, 4) is 0 Å². The highest BCUT2D eigenvalue weighted by molar-refractivity contribution is 5.90. The first-order chi connectivity index (χ1) is 26.2. The zero-order valence-electron chi connectivity index (χ0n) is 30.7. The van der Waals surface area contributed by atoms with Crippen molar-refractivity contribution in [2.75, 3.05) is 34.5 Å². The highest BCUT2D eigenvalue weighted by Gasteiger charge is 2.55. The van der Waals surface area contributed by atoms with E-state index >= 15 is 0 Å². The number of hydrogen-bond donors (Lipinski definition) is 8. The second-order valence-corrected chi connectivity index (χ2v) is 14.1. The molecule has 4 aliphatic heterocycles. The van der Waals surface area contributed by atoms with Crippen LogP contribution in [0.25, 0.3) is 0 Å². The van der Waals surface area contributed by atoms with Crippen molar-refractivity contribution in [1.29, 1.82) is 0 Å². The van der Waals surface area contributed by atoms with E-state index in [0.717, 1.165) is 12.5 Å². The lowest BCUT2D eigenvalue weighted by atomic mass is 9.81. The van der Waals surface area contributed by atoms with E-state index < -0.39 is 141 Å². The first-order valence-corrected chi connectivity index (χ1v) is 17.8. The van der Waals surface area contributed by atoms with Crippen LogP contribution in [0.2, 0.25) is 0 Å². The summed E-state index contributed by atoms with van der Waals surface area (Å²) in [4.78, 5) is 26.9. The number of esters is 2. The average Bonchev–Trinajstić information content (AvgIpc) is 3.51. The maximum absolute atomic E-state index is 14.1. The maximum atomic E-state index is 14.1. The van der Waals surface area contributed by atoms with Crippen LogP contribution in [0.4, 0.5) is 0 Å². The van der Waals surface area contributed by atoms with Crippen LogP contribution in [0, 0.1) is 29.6 Å². The first kappa shape index (κ1) is 43.3. The molecule has 8 N–H and O–H groups in total. The second-order valence-electron chi connectivity index (χ2n) is 14.1. The quantitative estimate of drug-likeness (QED) is 0.0491. The lowest BCUT2D eigenvalue weighted by Gasteiger charge is -2.43. The van der Waals surface area contributed by atoms with Gasteiger partial charge in [-0.25, -0.2) is 9.59 Å². The summed E-state index contributed by atoms with van der Waals surface area (Å²) < 4.78 is 56.4. The summed E-state index contributed by atoms with van der Waals surface area (Å²) in [5.41, 5.74) is 0.154. The topological polar surface area (TPSA) is 288 Å². The number of carbonyl (C=O) groups is 2. The summed E-state index contributed by atoms with van der Waals surface area (Å²) >= 11 is 0. The molecule has 4 heterocycles. The zero-order chi connectivity index (χ0) is 40.3. The monoisotopic (exact) mass is 792 g/mol. The van der Waals surface area contributed by atoms with Crippen LogP contribution in [-0.4, -0.2) is 174 Å². The fourth-order valence-electron chi connectivity index (χ4n) is 7.85. The Labute approximate surface area is 316 Å². The van der Waals surface area contributed by atoms with Crippen molar-refractivity contribution in [2.45, 2.75) is 106 Å². The second kappa shape index (κ2) is 18.6. The minimum atomic E-state index is -1.74. The Balaban J connectivity index is 1.37. The van der Waals surface area contributed by atoms with Gasteiger partial charge in [-0.05, 0) is 6.42 Å². The molecule has 20 nitrogen and oxygen atoms in total. The molecule has 0 amide bonds. The minimum absolute atomic E-state index is 0.0221. The first-order valence-electron chi connectivity index (χ1n) is 17.8. The number of methoxy groups -OCH3 is 3. The van der Waals surface area contributed by atoms with Gasteiger partial charge in [0.25, 0.3) is 0 Å². The number of hydrogen-bond acceptors (Lipinski definition) is 20. The summed E-state index contributed by atoms with van der Waals surface area (Å²) in [5, 5.41) is 81.5. The Hall–Kier alpha value is -2.80. The molecule has 0 aromatic rings. The number of rotatable bonds is 14. The Kier molecular flexibility index (Phi) is 14.7. The van der Waals surface area contributed by atoms with Gasteiger partial charge in [0.2, 0.25) is 12.6 Å². The Morgan fingerprint density at radius 3 is 1.82 bits per heavy atom. The van der Waals surface area contributed by atoms with E-state index in [4.69, 9.17) is 47.4 Å². The average molecular weight is 793 g/mol. The van der Waals surface area contributed by atoms with Crippen molar-refractivity contribution in [3.05, 3.63) is 36.3 Å². The number of aliphatic hydroxyl groups excluding tert-OH is 8. The largest absolute Gasteiger partial charge is 0.472 e. The van der Waals surface area contributed by atoms with Crippen LogP contribution in [0.1, 0.15) is 19.8 Å². The predicted octanol–water partition coefficient (Wildman–Crippen LogP) is -3.12. The maximum Gasteiger partial charge on any atom is 0.337 e. The molecule has 5 aliphatic rings. The molecule has 1 aliphatic carbocycles. The van der Waals surface area contributed by atoms with Gasteiger partial charge in [0, 0.05) is 50.2 Å². The van der Waals surface area contributed by atoms with Gasteiger partial charge in [0.1, 0.15) is 54.9 Å². The van der Waals surface area contributed by atoms with Crippen LogP contribution in [0.5, 0.6) is 0 Å². The smallest absolute Gasteiger partial charge is 0.337 e. The molecular formula is C35H52O20. The zero-order valence-corrected chi connectivity index (χ0v) is 30.7. The van der Waals surface area contributed by atoms with Crippen LogP contribution in [0.15, 0.2) is 36.3 Å². The van der Waals surface area contributed by atoms with Crippen molar-refractivity contribution < 1.29 is 97.8 Å². The Morgan fingerprint density at radius 1 is 0.782 bits per heavy atom. The van der Waals surface area contributed by atoms with E-state index in [-0.39, 0.29) is 24.0 Å². The predicted molar refractivity (Wildman–Crippen MR) is 178 cm³/mol. The van der Waals surface area contributed by atoms with Crippen molar-refractivity contribution in [1.82, 2.24) is 0 Å². The Bertz CT molecular complexity index is 1380. The fourth-order valence-corrected chi connectivity index (χ4v) is 7.85. The molecule has 0 bridgehead atoms. The van der Waals surface area contributed by atoms with Crippen molar-refractivity contribution >= 4 is 11.9 Å². The van der Waals surface area contributed by atoms with Crippen LogP contribution in [0.3, 0.4) is 0 Å². The van der Waals surface area contributed by atoms with E-state index in [2.05, 4.69) is 6.58 Å². The summed E-state index contributed by atoms with van der Waals surface area (Å²) in [7, 11) is 4.00. The molecule has 1 saturated carbocycles. The van der Waals surface area contributed by atoms with E-state index in [1.54, 1.807) is 6.92 Å². The molecule has 3 fully saturated rings. The van der Waals surface area contributed by atoms with Crippen LogP contribution in [-0.2, 0) is 57.0 Å². The molecule has 2 saturated heterocycles. The van der Waals surface area contributed by atoms with Gasteiger partial charge in [0.15, 0.2) is 18.9 Å². The minimum Gasteiger partial charge on any atom is -0.472 e. The van der Waals surface area contributed by atoms with Gasteiger partial charge in [-0.2, -0.15) is 0 Å². The molecule has 55 heavy (non-hydrogen) atoms. The molecule has 0 unspecified atom stereocenters. The molecule has 312 valence electrons. The molecular weight excluding hydrogens is 740 g/mol. The number of ether oxygens (including phenoxy) is 10. The molecule has 0 aromatic carbocycles. The van der Waals surface area contributed by atoms with E-state index in [1.807, 2.05) is 0 Å². The summed E-state index contributed by atoms with van der Waals surface area (Å²) in [6.07, 6.45) is -16.1. The van der Waals surface area contributed by atoms with E-state index in [1.165, 1.54) is 27.4 Å². The highest BCUT2D eigenvalue weighted by Crippen LogP contribution is 2.49. The van der Waals surface area contributed by atoms with Gasteiger partial charge in [-0.1, -0.05) is 13.0 Å². The van der Waals surface area contributed by atoms with E-state index in [0.29, 0.717) is 0 Å². The summed E-state index contributed by atoms with van der Waals surface area (Å²) in [5.74, 6) is -5.12. The third kappa shape index (κ3) is 8.72. The lowest BCUT2D eigenvalue weighted by Crippen LogP contribution is -2.60. The SMILES string of the molecule is C=C[C@H]1[C@H](O[C@@H]2O[C@H](CO)[C@@H](O)[C@H](O)[C@H]2O)OC=C(C(=O)O[C@H]2C[C@@H]3C(C(=O)OC)=CO[C@@H](O[C@@H]4O[C@H](CO)[C@@H](O)[C@H](O)[C@H]4O)[C@@H]3[C@H]2C)[C@H]1CC(OC)OC. The van der Waals surface area contributed by atoms with Crippen molar-refractivity contribution in [3.63, 3.8) is 0 Å². The van der Waals surface area contributed by atoms with Gasteiger partial charge < -0.3 is 88.2 Å². The van der Waals surface area contributed by atoms with Crippen LogP contribution < -0.4 is 0 Å². The van der Waals surface area contributed by atoms with Crippen LogP contribution >= 0.6 is 0 Å². The summed E-state index contributed by atoms with van der Waals surface area (Å²) in [6.45, 7) is 4.25. The molecule has 20 heteroatoms.